The van der Waals surface area contributed by atoms with E-state index in [0.717, 1.165) is 18.5 Å². The molecule has 5 heteroatoms. The molecule has 0 saturated heterocycles. The summed E-state index contributed by atoms with van der Waals surface area (Å²) in [7, 11) is 1.96. The zero-order valence-corrected chi connectivity index (χ0v) is 11.0. The summed E-state index contributed by atoms with van der Waals surface area (Å²) in [4.78, 5) is 11.9. The Kier molecular flexibility index (Phi) is 5.22. The van der Waals surface area contributed by atoms with Gasteiger partial charge in [0.15, 0.2) is 0 Å². The molecule has 0 aliphatic carbocycles. The lowest BCUT2D eigenvalue weighted by Crippen LogP contribution is -2.20. The van der Waals surface area contributed by atoms with Crippen molar-refractivity contribution in [1.82, 2.24) is 4.90 Å². The molecule has 0 amide bonds. The number of halogens is 1. The Morgan fingerprint density at radius 3 is 2.61 bits per heavy atom. The molecule has 0 N–H and O–H groups in total. The van der Waals surface area contributed by atoms with Gasteiger partial charge in [-0.15, -0.1) is 0 Å². The third-order valence-corrected chi connectivity index (χ3v) is 2.75. The van der Waals surface area contributed by atoms with Crippen molar-refractivity contribution in [3.63, 3.8) is 0 Å². The quantitative estimate of drug-likeness (QED) is 0.578. The molecule has 0 bridgehead atoms. The summed E-state index contributed by atoms with van der Waals surface area (Å²) in [5, 5.41) is 10.5. The van der Waals surface area contributed by atoms with Crippen molar-refractivity contribution < 1.29 is 9.31 Å². The summed E-state index contributed by atoms with van der Waals surface area (Å²) in [6, 6.07) is 4.07. The Bertz CT molecular complexity index is 421. The van der Waals surface area contributed by atoms with E-state index in [-0.39, 0.29) is 0 Å². The molecule has 0 atom stereocenters. The molecule has 0 aliphatic heterocycles. The molecule has 0 unspecified atom stereocenters. The number of nitro benzene ring substituents is 1. The molecule has 4 nitrogen and oxygen atoms in total. The number of benzene rings is 1. The molecule has 1 aromatic rings. The highest BCUT2D eigenvalue weighted by atomic mass is 19.1. The first kappa shape index (κ1) is 14.6. The molecule has 0 aliphatic rings. The van der Waals surface area contributed by atoms with Crippen LogP contribution in [0.1, 0.15) is 25.8 Å². The Hall–Kier alpha value is -1.49. The SMILES string of the molecule is CC(C)CCN(C)Cc1ccc([N+](=O)[O-])c(F)c1. The molecule has 0 radical (unpaired) electrons. The number of hydrogen-bond acceptors (Lipinski definition) is 3. The maximum absolute atomic E-state index is 13.4. The average molecular weight is 254 g/mol. The predicted molar refractivity (Wildman–Crippen MR) is 68.8 cm³/mol. The van der Waals surface area contributed by atoms with Crippen LogP contribution in [0, 0.1) is 21.8 Å². The van der Waals surface area contributed by atoms with Gasteiger partial charge >= 0.3 is 5.69 Å². The fourth-order valence-electron chi connectivity index (χ4n) is 1.67. The van der Waals surface area contributed by atoms with E-state index < -0.39 is 16.4 Å². The molecular weight excluding hydrogens is 235 g/mol. The monoisotopic (exact) mass is 254 g/mol. The Morgan fingerprint density at radius 2 is 2.11 bits per heavy atom. The lowest BCUT2D eigenvalue weighted by Gasteiger charge is -2.17. The molecule has 0 fully saturated rings. The minimum Gasteiger partial charge on any atom is -0.302 e. The lowest BCUT2D eigenvalue weighted by molar-refractivity contribution is -0.387. The van der Waals surface area contributed by atoms with E-state index in [1.807, 2.05) is 7.05 Å². The first-order chi connectivity index (χ1) is 8.40. The van der Waals surface area contributed by atoms with Gasteiger partial charge < -0.3 is 4.90 Å². The van der Waals surface area contributed by atoms with Crippen LogP contribution in [-0.2, 0) is 6.54 Å². The van der Waals surface area contributed by atoms with Gasteiger partial charge in [0.1, 0.15) is 0 Å². The highest BCUT2D eigenvalue weighted by Crippen LogP contribution is 2.18. The number of rotatable bonds is 6. The first-order valence-corrected chi connectivity index (χ1v) is 6.01. The van der Waals surface area contributed by atoms with Crippen LogP contribution >= 0.6 is 0 Å². The molecule has 0 aromatic heterocycles. The molecular formula is C13H19FN2O2. The van der Waals surface area contributed by atoms with Crippen LogP contribution in [0.4, 0.5) is 10.1 Å². The summed E-state index contributed by atoms with van der Waals surface area (Å²) >= 11 is 0. The van der Waals surface area contributed by atoms with Crippen molar-refractivity contribution >= 4 is 5.69 Å². The number of nitro groups is 1. The highest BCUT2D eigenvalue weighted by Gasteiger charge is 2.14. The van der Waals surface area contributed by atoms with Crippen molar-refractivity contribution in [2.75, 3.05) is 13.6 Å². The Morgan fingerprint density at radius 1 is 1.44 bits per heavy atom. The van der Waals surface area contributed by atoms with Crippen molar-refractivity contribution in [2.45, 2.75) is 26.8 Å². The van der Waals surface area contributed by atoms with Crippen LogP contribution < -0.4 is 0 Å². The fourth-order valence-corrected chi connectivity index (χ4v) is 1.67. The van der Waals surface area contributed by atoms with E-state index in [0.29, 0.717) is 12.5 Å². The van der Waals surface area contributed by atoms with E-state index >= 15 is 0 Å². The van der Waals surface area contributed by atoms with Gasteiger partial charge in [0.05, 0.1) is 4.92 Å². The average Bonchev–Trinajstić information content (AvgIpc) is 2.26. The van der Waals surface area contributed by atoms with Crippen LogP contribution in [0.2, 0.25) is 0 Å². The van der Waals surface area contributed by atoms with E-state index in [2.05, 4.69) is 18.7 Å². The molecule has 0 saturated carbocycles. The van der Waals surface area contributed by atoms with Crippen LogP contribution in [0.5, 0.6) is 0 Å². The van der Waals surface area contributed by atoms with Gasteiger partial charge in [0, 0.05) is 12.6 Å². The smallest absolute Gasteiger partial charge is 0.302 e. The minimum atomic E-state index is -0.769. The lowest BCUT2D eigenvalue weighted by atomic mass is 10.1. The number of hydrogen-bond donors (Lipinski definition) is 0. The van der Waals surface area contributed by atoms with E-state index in [1.54, 1.807) is 6.07 Å². The molecule has 18 heavy (non-hydrogen) atoms. The van der Waals surface area contributed by atoms with Crippen molar-refractivity contribution in [1.29, 1.82) is 0 Å². The van der Waals surface area contributed by atoms with E-state index in [9.17, 15) is 14.5 Å². The van der Waals surface area contributed by atoms with Crippen LogP contribution in [0.15, 0.2) is 18.2 Å². The normalized spacial score (nSPS) is 11.2. The summed E-state index contributed by atoms with van der Waals surface area (Å²) in [5.74, 6) is -0.143. The summed E-state index contributed by atoms with van der Waals surface area (Å²) in [5.41, 5.74) is 0.285. The molecule has 0 heterocycles. The van der Waals surface area contributed by atoms with Crippen molar-refractivity contribution in [2.24, 2.45) is 5.92 Å². The van der Waals surface area contributed by atoms with Gasteiger partial charge in [-0.2, -0.15) is 4.39 Å². The van der Waals surface area contributed by atoms with Crippen molar-refractivity contribution in [3.05, 3.63) is 39.7 Å². The zero-order chi connectivity index (χ0) is 13.7. The topological polar surface area (TPSA) is 46.4 Å². The van der Waals surface area contributed by atoms with E-state index in [4.69, 9.17) is 0 Å². The zero-order valence-electron chi connectivity index (χ0n) is 11.0. The van der Waals surface area contributed by atoms with Crippen LogP contribution in [0.3, 0.4) is 0 Å². The fraction of sp³-hybridized carbons (Fsp3) is 0.538. The molecule has 0 spiro atoms. The minimum absolute atomic E-state index is 0.469. The van der Waals surface area contributed by atoms with Crippen molar-refractivity contribution in [3.8, 4) is 0 Å². The maximum atomic E-state index is 13.4. The highest BCUT2D eigenvalue weighted by molar-refractivity contribution is 5.34. The van der Waals surface area contributed by atoms with E-state index in [1.165, 1.54) is 12.1 Å². The number of nitrogens with zero attached hydrogens (tertiary/aromatic N) is 2. The second-order valence-electron chi connectivity index (χ2n) is 4.96. The van der Waals surface area contributed by atoms with Gasteiger partial charge in [0.2, 0.25) is 5.82 Å². The molecule has 1 rings (SSSR count). The standard InChI is InChI=1S/C13H19FN2O2/c1-10(2)6-7-15(3)9-11-4-5-13(16(17)18)12(14)8-11/h4-5,8,10H,6-7,9H2,1-3H3. The van der Waals surface area contributed by atoms with Gasteiger partial charge in [-0.25, -0.2) is 0 Å². The molecule has 1 aromatic carbocycles. The Balaban J connectivity index is 2.63. The summed E-state index contributed by atoms with van der Waals surface area (Å²) in [6.45, 7) is 5.83. The van der Waals surface area contributed by atoms with Gasteiger partial charge in [0.25, 0.3) is 0 Å². The largest absolute Gasteiger partial charge is 0.304 e. The van der Waals surface area contributed by atoms with Crippen LogP contribution in [-0.4, -0.2) is 23.4 Å². The van der Waals surface area contributed by atoms with Crippen LogP contribution in [0.25, 0.3) is 0 Å². The first-order valence-electron chi connectivity index (χ1n) is 6.01. The third-order valence-electron chi connectivity index (χ3n) is 2.75. The van der Waals surface area contributed by atoms with Gasteiger partial charge in [-0.05, 0) is 37.6 Å². The second kappa shape index (κ2) is 6.44. The Labute approximate surface area is 107 Å². The molecule has 100 valence electrons. The third kappa shape index (κ3) is 4.41. The summed E-state index contributed by atoms with van der Waals surface area (Å²) < 4.78 is 13.4. The van der Waals surface area contributed by atoms with Gasteiger partial charge in [-0.1, -0.05) is 19.9 Å². The summed E-state index contributed by atoms with van der Waals surface area (Å²) in [6.07, 6.45) is 1.08. The van der Waals surface area contributed by atoms with Gasteiger partial charge in [-0.3, -0.25) is 10.1 Å². The second-order valence-corrected chi connectivity index (χ2v) is 4.96. The maximum Gasteiger partial charge on any atom is 0.304 e. The predicted octanol–water partition coefficient (Wildman–Crippen LogP) is 3.21.